The lowest BCUT2D eigenvalue weighted by atomic mass is 9.81. The number of rotatable bonds is 5. The topological polar surface area (TPSA) is 20.3 Å². The number of hydrogen-bond donors (Lipinski definition) is 0. The monoisotopic (exact) mass is 307 g/mol. The highest BCUT2D eigenvalue weighted by Gasteiger charge is 2.47. The molecule has 120 valence electrons. The van der Waals surface area contributed by atoms with Gasteiger partial charge in [0.1, 0.15) is 0 Å². The van der Waals surface area contributed by atoms with Crippen LogP contribution in [0.25, 0.3) is 6.08 Å². The van der Waals surface area contributed by atoms with Gasteiger partial charge in [-0.25, -0.2) is 0 Å². The molecule has 0 aromatic heterocycles. The molecule has 2 heteroatoms. The number of hydrogen-bond acceptors (Lipinski definition) is 1. The second-order valence-corrected chi connectivity index (χ2v) is 6.44. The minimum Gasteiger partial charge on any atom is -0.332 e. The molecule has 1 aromatic carbocycles. The van der Waals surface area contributed by atoms with Crippen LogP contribution in [0.3, 0.4) is 0 Å². The molecule has 1 saturated heterocycles. The third kappa shape index (κ3) is 3.47. The van der Waals surface area contributed by atoms with E-state index in [1.54, 1.807) is 6.08 Å². The van der Waals surface area contributed by atoms with Crippen molar-refractivity contribution >= 4 is 12.0 Å². The number of carbonyl (C=O) groups excluding carboxylic acids is 1. The molecule has 0 unspecified atom stereocenters. The summed E-state index contributed by atoms with van der Waals surface area (Å²) < 4.78 is 0. The molecule has 2 aliphatic rings. The van der Waals surface area contributed by atoms with Crippen molar-refractivity contribution < 1.29 is 4.79 Å². The van der Waals surface area contributed by atoms with Crippen LogP contribution >= 0.6 is 0 Å². The van der Waals surface area contributed by atoms with E-state index >= 15 is 0 Å². The van der Waals surface area contributed by atoms with E-state index in [0.717, 1.165) is 12.8 Å². The average Bonchev–Trinajstić information content (AvgIpc) is 2.60. The smallest absolute Gasteiger partial charge is 0.232 e. The van der Waals surface area contributed by atoms with Crippen molar-refractivity contribution in [3.8, 4) is 0 Å². The average molecular weight is 307 g/mol. The van der Waals surface area contributed by atoms with Crippen molar-refractivity contribution in [3.63, 3.8) is 0 Å². The highest BCUT2D eigenvalue weighted by atomic mass is 16.2. The number of allylic oxidation sites excluding steroid dienone is 2. The Morgan fingerprint density at radius 3 is 2.48 bits per heavy atom. The van der Waals surface area contributed by atoms with Gasteiger partial charge in [-0.15, -0.1) is 0 Å². The molecule has 0 bridgehead atoms. The minimum absolute atomic E-state index is 0.0325. The van der Waals surface area contributed by atoms with Gasteiger partial charge in [-0.05, 0) is 18.4 Å². The summed E-state index contributed by atoms with van der Waals surface area (Å²) in [7, 11) is 0. The quantitative estimate of drug-likeness (QED) is 0.575. The normalized spacial score (nSPS) is 25.9. The number of β-lactam (4-membered cyclic amide) rings is 1. The molecule has 0 radical (unpaired) electrons. The van der Waals surface area contributed by atoms with E-state index in [1.165, 1.54) is 24.8 Å². The van der Waals surface area contributed by atoms with Gasteiger partial charge in [0.05, 0.1) is 12.0 Å². The van der Waals surface area contributed by atoms with Crippen molar-refractivity contribution in [3.05, 3.63) is 66.8 Å². The zero-order valence-electron chi connectivity index (χ0n) is 13.6. The number of likely N-dealkylation sites (tertiary alicyclic amines) is 1. The number of carbonyl (C=O) groups is 1. The molecule has 2 fully saturated rings. The lowest BCUT2D eigenvalue weighted by molar-refractivity contribution is -0.154. The van der Waals surface area contributed by atoms with E-state index in [4.69, 9.17) is 0 Å². The largest absolute Gasteiger partial charge is 0.332 e. The summed E-state index contributed by atoms with van der Waals surface area (Å²) >= 11 is 0. The Labute approximate surface area is 139 Å². The molecule has 3 rings (SSSR count). The lowest BCUT2D eigenvalue weighted by Crippen LogP contribution is -2.63. The Morgan fingerprint density at radius 2 is 1.78 bits per heavy atom. The van der Waals surface area contributed by atoms with Crippen LogP contribution in [0, 0.1) is 5.92 Å². The third-order valence-corrected chi connectivity index (χ3v) is 4.94. The van der Waals surface area contributed by atoms with Crippen LogP contribution in [0.5, 0.6) is 0 Å². The Kier molecular flexibility index (Phi) is 5.12. The fraction of sp³-hybridized carbons (Fsp3) is 0.381. The van der Waals surface area contributed by atoms with Crippen molar-refractivity contribution in [2.24, 2.45) is 5.92 Å². The fourth-order valence-electron chi connectivity index (χ4n) is 3.72. The summed E-state index contributed by atoms with van der Waals surface area (Å²) in [4.78, 5) is 14.7. The second kappa shape index (κ2) is 7.45. The predicted octanol–water partition coefficient (Wildman–Crippen LogP) is 4.60. The molecule has 1 aliphatic carbocycles. The third-order valence-electron chi connectivity index (χ3n) is 4.94. The van der Waals surface area contributed by atoms with Gasteiger partial charge < -0.3 is 4.90 Å². The molecular formula is C21H25NO. The molecule has 1 heterocycles. The van der Waals surface area contributed by atoms with Crippen LogP contribution in [0.1, 0.15) is 37.7 Å². The maximum absolute atomic E-state index is 12.6. The molecule has 1 aliphatic heterocycles. The van der Waals surface area contributed by atoms with Crippen LogP contribution in [0.2, 0.25) is 0 Å². The zero-order chi connectivity index (χ0) is 16.1. The SMILES string of the molecule is C=C/C=C/[C@H]1C(=O)N(C2CCCCC2)[C@H]1/C=C/c1ccccc1. The first-order valence-corrected chi connectivity index (χ1v) is 8.66. The summed E-state index contributed by atoms with van der Waals surface area (Å²) in [6.45, 7) is 3.71. The molecule has 1 saturated carbocycles. The van der Waals surface area contributed by atoms with E-state index in [2.05, 4.69) is 35.8 Å². The molecule has 2 nitrogen and oxygen atoms in total. The van der Waals surface area contributed by atoms with E-state index in [0.29, 0.717) is 6.04 Å². The van der Waals surface area contributed by atoms with Gasteiger partial charge in [-0.2, -0.15) is 0 Å². The lowest BCUT2D eigenvalue weighted by Gasteiger charge is -2.50. The maximum Gasteiger partial charge on any atom is 0.232 e. The second-order valence-electron chi connectivity index (χ2n) is 6.44. The number of nitrogens with zero attached hydrogens (tertiary/aromatic N) is 1. The first-order chi connectivity index (χ1) is 11.3. The van der Waals surface area contributed by atoms with Gasteiger partial charge in [0.25, 0.3) is 0 Å². The summed E-state index contributed by atoms with van der Waals surface area (Å²) in [6.07, 6.45) is 16.1. The first-order valence-electron chi connectivity index (χ1n) is 8.66. The van der Waals surface area contributed by atoms with Crippen LogP contribution in [-0.4, -0.2) is 22.9 Å². The van der Waals surface area contributed by atoms with Crippen molar-refractivity contribution in [1.82, 2.24) is 4.90 Å². The highest BCUT2D eigenvalue weighted by molar-refractivity contribution is 5.89. The zero-order valence-corrected chi connectivity index (χ0v) is 13.6. The Hall–Kier alpha value is -2.09. The van der Waals surface area contributed by atoms with E-state index in [1.807, 2.05) is 30.4 Å². The minimum atomic E-state index is -0.0325. The Morgan fingerprint density at radius 1 is 1.04 bits per heavy atom. The van der Waals surface area contributed by atoms with Gasteiger partial charge >= 0.3 is 0 Å². The molecular weight excluding hydrogens is 282 g/mol. The summed E-state index contributed by atoms with van der Waals surface area (Å²) in [5.41, 5.74) is 1.18. The predicted molar refractivity (Wildman–Crippen MR) is 95.8 cm³/mol. The van der Waals surface area contributed by atoms with E-state index < -0.39 is 0 Å². The summed E-state index contributed by atoms with van der Waals surface area (Å²) in [5, 5.41) is 0. The highest BCUT2D eigenvalue weighted by Crippen LogP contribution is 2.36. The van der Waals surface area contributed by atoms with E-state index in [-0.39, 0.29) is 17.9 Å². The summed E-state index contributed by atoms with van der Waals surface area (Å²) in [6, 6.07) is 10.9. The fourth-order valence-corrected chi connectivity index (χ4v) is 3.72. The van der Waals surface area contributed by atoms with Gasteiger partial charge in [0.2, 0.25) is 5.91 Å². The Bertz CT molecular complexity index is 596. The van der Waals surface area contributed by atoms with Gasteiger partial charge in [-0.3, -0.25) is 4.79 Å². The Balaban J connectivity index is 1.77. The van der Waals surface area contributed by atoms with Crippen molar-refractivity contribution in [2.75, 3.05) is 0 Å². The molecule has 0 N–H and O–H groups in total. The van der Waals surface area contributed by atoms with Crippen LogP contribution in [0.4, 0.5) is 0 Å². The van der Waals surface area contributed by atoms with Crippen molar-refractivity contribution in [2.45, 2.75) is 44.2 Å². The summed E-state index contributed by atoms with van der Waals surface area (Å²) in [5.74, 6) is 0.243. The molecule has 2 atom stereocenters. The molecule has 1 aromatic rings. The van der Waals surface area contributed by atoms with Gasteiger partial charge in [0, 0.05) is 6.04 Å². The number of amides is 1. The first kappa shape index (κ1) is 15.8. The standard InChI is InChI=1S/C21H25NO/c1-2-3-14-19-20(16-15-17-10-6-4-7-11-17)22(21(19)23)18-12-8-5-9-13-18/h2-4,6-7,10-11,14-16,18-20H,1,5,8-9,12-13H2/b14-3+,16-15+/t19-,20+/m1/s1. The number of benzene rings is 1. The molecule has 1 amide bonds. The van der Waals surface area contributed by atoms with Gasteiger partial charge in [0.15, 0.2) is 0 Å². The van der Waals surface area contributed by atoms with Gasteiger partial charge in [-0.1, -0.05) is 86.6 Å². The molecule has 23 heavy (non-hydrogen) atoms. The van der Waals surface area contributed by atoms with E-state index in [9.17, 15) is 4.79 Å². The van der Waals surface area contributed by atoms with Crippen LogP contribution in [-0.2, 0) is 4.79 Å². The maximum atomic E-state index is 12.6. The van der Waals surface area contributed by atoms with Crippen molar-refractivity contribution in [1.29, 1.82) is 0 Å². The molecule has 0 spiro atoms. The van der Waals surface area contributed by atoms with Crippen LogP contribution in [0.15, 0.2) is 61.2 Å². The van der Waals surface area contributed by atoms with Crippen LogP contribution < -0.4 is 0 Å².